The Morgan fingerprint density at radius 1 is 1.33 bits per heavy atom. The van der Waals surface area contributed by atoms with Crippen molar-refractivity contribution in [1.29, 1.82) is 0 Å². The molecule has 116 valence electrons. The second-order valence-corrected chi connectivity index (χ2v) is 5.82. The van der Waals surface area contributed by atoms with Crippen molar-refractivity contribution in [2.24, 2.45) is 0 Å². The van der Waals surface area contributed by atoms with Crippen LogP contribution in [0.4, 0.5) is 8.78 Å². The van der Waals surface area contributed by atoms with E-state index in [0.29, 0.717) is 24.0 Å². The molecule has 1 aromatic rings. The van der Waals surface area contributed by atoms with Crippen LogP contribution in [-0.2, 0) is 16.1 Å². The van der Waals surface area contributed by atoms with E-state index in [2.05, 4.69) is 0 Å². The van der Waals surface area contributed by atoms with E-state index in [1.165, 1.54) is 13.2 Å². The predicted octanol–water partition coefficient (Wildman–Crippen LogP) is 4.01. The molecule has 5 heteroatoms. The van der Waals surface area contributed by atoms with Crippen LogP contribution in [0.1, 0.15) is 49.3 Å². The first-order valence-corrected chi connectivity index (χ1v) is 7.04. The second kappa shape index (κ2) is 5.28. The predicted molar refractivity (Wildman–Crippen MR) is 75.1 cm³/mol. The van der Waals surface area contributed by atoms with Crippen molar-refractivity contribution in [3.8, 4) is 5.75 Å². The fourth-order valence-corrected chi connectivity index (χ4v) is 3.38. The molecule has 21 heavy (non-hydrogen) atoms. The van der Waals surface area contributed by atoms with Crippen LogP contribution in [0.3, 0.4) is 0 Å². The van der Waals surface area contributed by atoms with Gasteiger partial charge in [0.15, 0.2) is 0 Å². The molecule has 0 atom stereocenters. The number of methoxy groups -OCH3 is 1. The van der Waals surface area contributed by atoms with Crippen LogP contribution in [-0.4, -0.2) is 18.2 Å². The van der Waals surface area contributed by atoms with Gasteiger partial charge >= 0.3 is 5.97 Å². The first-order chi connectivity index (χ1) is 9.74. The monoisotopic (exact) mass is 298 g/mol. The standard InChI is InChI=1S/C16H20F2O3/c1-10-6-7-11(15(2,17)18)13(21-3)12(10)16(14(19)20)8-4-5-9-16/h6-7H,4-5,8-9H2,1-3H3,(H,19,20). The van der Waals surface area contributed by atoms with E-state index < -0.39 is 17.3 Å². The SMILES string of the molecule is COc1c(C(C)(F)F)ccc(C)c1C1(C(=O)O)CCCC1. The highest BCUT2D eigenvalue weighted by atomic mass is 19.3. The number of halogens is 2. The topological polar surface area (TPSA) is 46.5 Å². The molecule has 1 N–H and O–H groups in total. The van der Waals surface area contributed by atoms with Crippen LogP contribution in [0.2, 0.25) is 0 Å². The Hall–Kier alpha value is -1.65. The highest BCUT2D eigenvalue weighted by Gasteiger charge is 2.47. The van der Waals surface area contributed by atoms with Crippen LogP contribution in [0.5, 0.6) is 5.75 Å². The molecule has 0 aromatic heterocycles. The van der Waals surface area contributed by atoms with Gasteiger partial charge in [0.2, 0.25) is 0 Å². The third-order valence-corrected chi connectivity index (χ3v) is 4.39. The number of carbonyl (C=O) groups is 1. The van der Waals surface area contributed by atoms with E-state index in [-0.39, 0.29) is 11.3 Å². The molecule has 0 heterocycles. The van der Waals surface area contributed by atoms with Crippen LogP contribution in [0, 0.1) is 6.92 Å². The molecular formula is C16H20F2O3. The van der Waals surface area contributed by atoms with Crippen molar-refractivity contribution in [3.63, 3.8) is 0 Å². The Labute approximate surface area is 122 Å². The largest absolute Gasteiger partial charge is 0.496 e. The molecule has 0 saturated heterocycles. The first-order valence-electron chi connectivity index (χ1n) is 7.04. The van der Waals surface area contributed by atoms with Crippen molar-refractivity contribution in [1.82, 2.24) is 0 Å². The molecule has 3 nitrogen and oxygen atoms in total. The summed E-state index contributed by atoms with van der Waals surface area (Å²) in [4.78, 5) is 11.9. The summed E-state index contributed by atoms with van der Waals surface area (Å²) in [5.74, 6) is -4.02. The number of aryl methyl sites for hydroxylation is 1. The molecule has 1 fully saturated rings. The number of rotatable bonds is 4. The molecular weight excluding hydrogens is 278 g/mol. The average molecular weight is 298 g/mol. The number of alkyl halides is 2. The third kappa shape index (κ3) is 2.49. The Morgan fingerprint density at radius 2 is 1.90 bits per heavy atom. The number of carboxylic acids is 1. The van der Waals surface area contributed by atoms with Gasteiger partial charge < -0.3 is 9.84 Å². The van der Waals surface area contributed by atoms with Gasteiger partial charge in [0.1, 0.15) is 5.75 Å². The summed E-state index contributed by atoms with van der Waals surface area (Å²) in [6.07, 6.45) is 2.47. The minimum Gasteiger partial charge on any atom is -0.496 e. The Balaban J connectivity index is 2.75. The average Bonchev–Trinajstić information content (AvgIpc) is 2.87. The molecule has 1 saturated carbocycles. The van der Waals surface area contributed by atoms with E-state index in [1.807, 2.05) is 0 Å². The zero-order chi connectivity index (χ0) is 15.8. The smallest absolute Gasteiger partial charge is 0.314 e. The fraction of sp³-hybridized carbons (Fsp3) is 0.562. The summed E-state index contributed by atoms with van der Waals surface area (Å²) < 4.78 is 32.8. The fourth-order valence-electron chi connectivity index (χ4n) is 3.38. The summed E-state index contributed by atoms with van der Waals surface area (Å²) in [7, 11) is 1.32. The van der Waals surface area contributed by atoms with Gasteiger partial charge in [-0.25, -0.2) is 8.78 Å². The highest BCUT2D eigenvalue weighted by molar-refractivity contribution is 5.84. The lowest BCUT2D eigenvalue weighted by molar-refractivity contribution is -0.143. The molecule has 1 aliphatic carbocycles. The second-order valence-electron chi connectivity index (χ2n) is 5.82. The maximum Gasteiger partial charge on any atom is 0.314 e. The number of ether oxygens (including phenoxy) is 1. The molecule has 1 aliphatic rings. The number of benzene rings is 1. The van der Waals surface area contributed by atoms with Gasteiger partial charge in [-0.3, -0.25) is 4.79 Å². The minimum absolute atomic E-state index is 0.0202. The highest BCUT2D eigenvalue weighted by Crippen LogP contribution is 2.49. The molecule has 1 aromatic carbocycles. The van der Waals surface area contributed by atoms with Gasteiger partial charge in [-0.2, -0.15) is 0 Å². The zero-order valence-corrected chi connectivity index (χ0v) is 12.5. The van der Waals surface area contributed by atoms with Crippen LogP contribution in [0.15, 0.2) is 12.1 Å². The van der Waals surface area contributed by atoms with Crippen LogP contribution in [0.25, 0.3) is 0 Å². The number of carboxylic acid groups (broad SMARTS) is 1. The maximum absolute atomic E-state index is 13.8. The van der Waals surface area contributed by atoms with E-state index >= 15 is 0 Å². The lowest BCUT2D eigenvalue weighted by atomic mass is 9.75. The number of aliphatic carboxylic acids is 1. The van der Waals surface area contributed by atoms with Crippen molar-refractivity contribution in [2.75, 3.05) is 7.11 Å². The van der Waals surface area contributed by atoms with E-state index in [1.54, 1.807) is 13.0 Å². The van der Waals surface area contributed by atoms with Gasteiger partial charge in [-0.15, -0.1) is 0 Å². The van der Waals surface area contributed by atoms with Gasteiger partial charge in [-0.05, 0) is 31.4 Å². The van der Waals surface area contributed by atoms with Crippen LogP contribution >= 0.6 is 0 Å². The minimum atomic E-state index is -3.08. The molecule has 0 spiro atoms. The number of hydrogen-bond acceptors (Lipinski definition) is 2. The van der Waals surface area contributed by atoms with Crippen molar-refractivity contribution >= 4 is 5.97 Å². The first kappa shape index (κ1) is 15.7. The van der Waals surface area contributed by atoms with Crippen molar-refractivity contribution in [2.45, 2.75) is 50.9 Å². The van der Waals surface area contributed by atoms with Gasteiger partial charge in [0, 0.05) is 12.5 Å². The Kier molecular flexibility index (Phi) is 3.95. The van der Waals surface area contributed by atoms with Gasteiger partial charge in [0.05, 0.1) is 18.1 Å². The summed E-state index contributed by atoms with van der Waals surface area (Å²) in [6, 6.07) is 2.88. The molecule has 2 rings (SSSR count). The van der Waals surface area contributed by atoms with E-state index in [4.69, 9.17) is 4.74 Å². The van der Waals surface area contributed by atoms with E-state index in [0.717, 1.165) is 19.8 Å². The third-order valence-electron chi connectivity index (χ3n) is 4.39. The maximum atomic E-state index is 13.8. The zero-order valence-electron chi connectivity index (χ0n) is 12.5. The van der Waals surface area contributed by atoms with Gasteiger partial charge in [-0.1, -0.05) is 18.9 Å². The molecule has 0 bridgehead atoms. The van der Waals surface area contributed by atoms with Gasteiger partial charge in [0.25, 0.3) is 5.92 Å². The molecule has 0 unspecified atom stereocenters. The quantitative estimate of drug-likeness (QED) is 0.913. The molecule has 0 amide bonds. The lowest BCUT2D eigenvalue weighted by Gasteiger charge is -2.30. The molecule has 0 radical (unpaired) electrons. The van der Waals surface area contributed by atoms with Crippen molar-refractivity contribution < 1.29 is 23.4 Å². The van der Waals surface area contributed by atoms with Crippen molar-refractivity contribution in [3.05, 3.63) is 28.8 Å². The summed E-state index contributed by atoms with van der Waals surface area (Å²) in [6.45, 7) is 2.55. The Morgan fingerprint density at radius 3 is 2.33 bits per heavy atom. The lowest BCUT2D eigenvalue weighted by Crippen LogP contribution is -2.34. The summed E-state index contributed by atoms with van der Waals surface area (Å²) >= 11 is 0. The summed E-state index contributed by atoms with van der Waals surface area (Å²) in [5, 5.41) is 9.71. The normalized spacial score (nSPS) is 17.8. The Bertz CT molecular complexity index is 555. The van der Waals surface area contributed by atoms with Crippen LogP contribution < -0.4 is 4.74 Å². The van der Waals surface area contributed by atoms with E-state index in [9.17, 15) is 18.7 Å². The molecule has 0 aliphatic heterocycles. The number of hydrogen-bond donors (Lipinski definition) is 1. The summed E-state index contributed by atoms with van der Waals surface area (Å²) in [5.41, 5.74) is -0.271.